The molecule has 0 radical (unpaired) electrons. The number of rotatable bonds is 2. The van der Waals surface area contributed by atoms with Gasteiger partial charge in [-0.3, -0.25) is 0 Å². The molecule has 134 valence electrons. The lowest BCUT2D eigenvalue weighted by Gasteiger charge is -2.37. The molecule has 0 aliphatic carbocycles. The van der Waals surface area contributed by atoms with Crippen LogP contribution in [0.3, 0.4) is 0 Å². The van der Waals surface area contributed by atoms with Crippen molar-refractivity contribution in [2.45, 2.75) is 30.6 Å². The quantitative estimate of drug-likeness (QED) is 0.443. The smallest absolute Gasteiger partial charge is 0.345 e. The first kappa shape index (κ1) is 17.0. The highest BCUT2D eigenvalue weighted by Gasteiger charge is 2.39. The van der Waals surface area contributed by atoms with Crippen molar-refractivity contribution >= 4 is 39.5 Å². The summed E-state index contributed by atoms with van der Waals surface area (Å²) in [6.07, 6.45) is 1.91. The Morgan fingerprint density at radius 3 is 2.92 bits per heavy atom. The van der Waals surface area contributed by atoms with Crippen molar-refractivity contribution in [2.75, 3.05) is 30.9 Å². The molecule has 25 heavy (non-hydrogen) atoms. The number of hydrogen-bond donors (Lipinski definition) is 0. The van der Waals surface area contributed by atoms with Gasteiger partial charge in [-0.1, -0.05) is 11.6 Å². The molecule has 2 aromatic heterocycles. The van der Waals surface area contributed by atoms with Gasteiger partial charge in [-0.2, -0.15) is 15.0 Å². The standard InChI is InChI=1S/C15H16ClFN4O3S/c1-3-21-7-4-5-23-6-8(7)24-14-9-11(10(17)12(16)19-14)18-15(25(2)22)20-13(9)21/h7-8H,3-6H2,1-2H3/t7-,8-,25?/m0/s1. The Morgan fingerprint density at radius 1 is 1.40 bits per heavy atom. The number of halogens is 2. The van der Waals surface area contributed by atoms with Crippen LogP contribution in [0.5, 0.6) is 5.88 Å². The van der Waals surface area contributed by atoms with E-state index in [1.54, 1.807) is 0 Å². The number of hydrogen-bond acceptors (Lipinski definition) is 7. The predicted molar refractivity (Wildman–Crippen MR) is 91.3 cm³/mol. The van der Waals surface area contributed by atoms with Crippen LogP contribution in [0.1, 0.15) is 13.3 Å². The highest BCUT2D eigenvalue weighted by Crippen LogP contribution is 2.40. The molecule has 10 heteroatoms. The van der Waals surface area contributed by atoms with Gasteiger partial charge in [0, 0.05) is 24.3 Å². The number of likely N-dealkylation sites (N-methyl/N-ethyl adjacent to an activating group) is 1. The van der Waals surface area contributed by atoms with E-state index in [1.807, 2.05) is 11.8 Å². The molecule has 2 aromatic rings. The van der Waals surface area contributed by atoms with E-state index in [2.05, 4.69) is 15.0 Å². The Kier molecular flexibility index (Phi) is 4.35. The molecule has 1 saturated heterocycles. The van der Waals surface area contributed by atoms with Crippen LogP contribution >= 0.6 is 11.6 Å². The summed E-state index contributed by atoms with van der Waals surface area (Å²) < 4.78 is 38.1. The first-order chi connectivity index (χ1) is 12.0. The normalized spacial score (nSPS) is 23.8. The molecule has 1 unspecified atom stereocenters. The van der Waals surface area contributed by atoms with Crippen LogP contribution in [0, 0.1) is 5.82 Å². The summed E-state index contributed by atoms with van der Waals surface area (Å²) in [6, 6.07) is -0.00831. The molecule has 4 rings (SSSR count). The van der Waals surface area contributed by atoms with Crippen molar-refractivity contribution in [1.82, 2.24) is 15.0 Å². The lowest BCUT2D eigenvalue weighted by atomic mass is 10.0. The van der Waals surface area contributed by atoms with Crippen LogP contribution in [0.25, 0.3) is 10.9 Å². The molecule has 1 fully saturated rings. The molecule has 3 atom stereocenters. The Bertz CT molecular complexity index is 840. The molecule has 7 nitrogen and oxygen atoms in total. The van der Waals surface area contributed by atoms with Gasteiger partial charge in [0.1, 0.15) is 23.3 Å². The maximum atomic E-state index is 14.6. The van der Waals surface area contributed by atoms with Gasteiger partial charge >= 0.3 is 5.16 Å². The third-order valence-corrected chi connectivity index (χ3v) is 5.42. The van der Waals surface area contributed by atoms with Crippen molar-refractivity contribution in [1.29, 1.82) is 0 Å². The van der Waals surface area contributed by atoms with Crippen LogP contribution in [-0.4, -0.2) is 57.7 Å². The molecule has 2 aliphatic heterocycles. The zero-order valence-corrected chi connectivity index (χ0v) is 15.2. The second-order valence-electron chi connectivity index (χ2n) is 5.90. The van der Waals surface area contributed by atoms with Crippen molar-refractivity contribution < 1.29 is 18.4 Å². The topological polar surface area (TPSA) is 83.4 Å². The second kappa shape index (κ2) is 6.39. The van der Waals surface area contributed by atoms with Crippen molar-refractivity contribution in [3.8, 4) is 5.88 Å². The van der Waals surface area contributed by atoms with Gasteiger partial charge < -0.3 is 18.9 Å². The summed E-state index contributed by atoms with van der Waals surface area (Å²) >= 11 is 4.46. The van der Waals surface area contributed by atoms with Crippen molar-refractivity contribution in [3.05, 3.63) is 11.0 Å². The van der Waals surface area contributed by atoms with E-state index in [0.29, 0.717) is 31.0 Å². The minimum absolute atomic E-state index is 0.00831. The first-order valence-electron chi connectivity index (χ1n) is 7.92. The lowest BCUT2D eigenvalue weighted by Crippen LogP contribution is -2.51. The van der Waals surface area contributed by atoms with E-state index in [4.69, 9.17) is 21.1 Å². The van der Waals surface area contributed by atoms with E-state index in [9.17, 15) is 8.94 Å². The molecule has 0 amide bonds. The molecule has 0 aromatic carbocycles. The van der Waals surface area contributed by atoms with Crippen LogP contribution in [0.2, 0.25) is 5.15 Å². The highest BCUT2D eigenvalue weighted by molar-refractivity contribution is 7.90. The fraction of sp³-hybridized carbons (Fsp3) is 0.533. The fourth-order valence-corrected chi connectivity index (χ4v) is 3.95. The SMILES string of the molecule is CCN1c2nc([S+](C)[O-])nc3c(F)c(Cl)nc(c23)O[C@H]2COCC[C@@H]21. The average molecular weight is 387 g/mol. The average Bonchev–Trinajstić information content (AvgIpc) is 2.73. The summed E-state index contributed by atoms with van der Waals surface area (Å²) in [4.78, 5) is 14.6. The maximum Gasteiger partial charge on any atom is 0.345 e. The zero-order chi connectivity index (χ0) is 17.7. The number of nitrogens with zero attached hydrogens (tertiary/aromatic N) is 4. The Hall–Kier alpha value is -1.42. The van der Waals surface area contributed by atoms with Crippen LogP contribution in [0.4, 0.5) is 10.2 Å². The summed E-state index contributed by atoms with van der Waals surface area (Å²) in [5.41, 5.74) is -0.0248. The first-order valence-corrected chi connectivity index (χ1v) is 9.86. The summed E-state index contributed by atoms with van der Waals surface area (Å²) in [7, 11) is 0. The number of anilines is 1. The van der Waals surface area contributed by atoms with Crippen LogP contribution in [0.15, 0.2) is 5.16 Å². The van der Waals surface area contributed by atoms with Gasteiger partial charge in [-0.15, -0.1) is 0 Å². The van der Waals surface area contributed by atoms with Gasteiger partial charge in [-0.25, -0.2) is 4.39 Å². The number of fused-ring (bicyclic) bond motifs is 1. The van der Waals surface area contributed by atoms with Crippen molar-refractivity contribution in [3.63, 3.8) is 0 Å². The third-order valence-electron chi connectivity index (χ3n) is 4.47. The summed E-state index contributed by atoms with van der Waals surface area (Å²) in [6.45, 7) is 3.60. The number of ether oxygens (including phenoxy) is 2. The Morgan fingerprint density at radius 2 is 2.20 bits per heavy atom. The number of pyridine rings is 1. The molecule has 0 saturated carbocycles. The molecular formula is C15H16ClFN4O3S. The van der Waals surface area contributed by atoms with E-state index >= 15 is 0 Å². The zero-order valence-electron chi connectivity index (χ0n) is 13.7. The van der Waals surface area contributed by atoms with E-state index in [1.165, 1.54) is 6.26 Å². The van der Waals surface area contributed by atoms with E-state index in [0.717, 1.165) is 6.42 Å². The Labute approximate surface area is 151 Å². The predicted octanol–water partition coefficient (Wildman–Crippen LogP) is 1.93. The second-order valence-corrected chi connectivity index (χ2v) is 7.53. The largest absolute Gasteiger partial charge is 0.609 e. The van der Waals surface area contributed by atoms with Crippen LogP contribution < -0.4 is 9.64 Å². The minimum Gasteiger partial charge on any atom is -0.609 e. The molecular weight excluding hydrogens is 371 g/mol. The lowest BCUT2D eigenvalue weighted by molar-refractivity contribution is -0.00715. The summed E-state index contributed by atoms with van der Waals surface area (Å²) in [5, 5.41) is 0.0733. The van der Waals surface area contributed by atoms with E-state index < -0.39 is 17.0 Å². The monoisotopic (exact) mass is 386 g/mol. The molecule has 0 spiro atoms. The summed E-state index contributed by atoms with van der Waals surface area (Å²) in [5.74, 6) is -0.108. The molecule has 0 N–H and O–H groups in total. The molecule has 2 aliphatic rings. The molecule has 4 heterocycles. The highest BCUT2D eigenvalue weighted by atomic mass is 35.5. The maximum absolute atomic E-state index is 14.6. The minimum atomic E-state index is -1.47. The van der Waals surface area contributed by atoms with Gasteiger partial charge in [0.15, 0.2) is 16.8 Å². The van der Waals surface area contributed by atoms with E-state index in [-0.39, 0.29) is 33.9 Å². The third kappa shape index (κ3) is 2.69. The Balaban J connectivity index is 2.05. The van der Waals surface area contributed by atoms with Crippen molar-refractivity contribution in [2.24, 2.45) is 0 Å². The van der Waals surface area contributed by atoms with Gasteiger partial charge in [0.05, 0.1) is 12.6 Å². The van der Waals surface area contributed by atoms with Gasteiger partial charge in [0.2, 0.25) is 5.88 Å². The van der Waals surface area contributed by atoms with Crippen LogP contribution in [-0.2, 0) is 15.9 Å². The van der Waals surface area contributed by atoms with Gasteiger partial charge in [0.25, 0.3) is 0 Å². The number of aromatic nitrogens is 3. The fourth-order valence-electron chi connectivity index (χ4n) is 3.35. The molecule has 0 bridgehead atoms. The van der Waals surface area contributed by atoms with Gasteiger partial charge in [-0.05, 0) is 13.3 Å².